The molecule has 2 heteroatoms. The summed E-state index contributed by atoms with van der Waals surface area (Å²) >= 11 is 4.32. The number of rotatable bonds is 3. The van der Waals surface area contributed by atoms with Gasteiger partial charge in [-0.15, -0.1) is 0 Å². The maximum atomic E-state index is 5.44. The van der Waals surface area contributed by atoms with Crippen LogP contribution in [0.2, 0.25) is 0 Å². The highest BCUT2D eigenvalue weighted by Gasteiger charge is 1.99. The van der Waals surface area contributed by atoms with Crippen molar-refractivity contribution in [1.29, 1.82) is 0 Å². The average molecular weight is 167 g/mol. The van der Waals surface area contributed by atoms with Gasteiger partial charge in [-0.05, 0) is 12.0 Å². The Morgan fingerprint density at radius 2 is 1.91 bits per heavy atom. The van der Waals surface area contributed by atoms with Gasteiger partial charge < -0.3 is 5.73 Å². The largest absolute Gasteiger partial charge is 0.329 e. The lowest BCUT2D eigenvalue weighted by molar-refractivity contribution is 0.859. The summed E-state index contributed by atoms with van der Waals surface area (Å²) in [6.45, 7) is 0.637. The molecule has 0 spiro atoms. The quantitative estimate of drug-likeness (QED) is 0.655. The Morgan fingerprint density at radius 3 is 2.45 bits per heavy atom. The molecule has 11 heavy (non-hydrogen) atoms. The predicted molar refractivity (Wildman–Crippen MR) is 52.0 cm³/mol. The minimum absolute atomic E-state index is 0.289. The van der Waals surface area contributed by atoms with E-state index < -0.39 is 0 Å². The van der Waals surface area contributed by atoms with Crippen molar-refractivity contribution in [2.24, 2.45) is 5.73 Å². The van der Waals surface area contributed by atoms with Gasteiger partial charge in [-0.3, -0.25) is 0 Å². The van der Waals surface area contributed by atoms with Crippen molar-refractivity contribution in [3.05, 3.63) is 35.9 Å². The first kappa shape index (κ1) is 8.62. The third-order valence-corrected chi connectivity index (χ3v) is 1.98. The lowest BCUT2D eigenvalue weighted by Gasteiger charge is -2.06. The Labute approximate surface area is 73.0 Å². The minimum Gasteiger partial charge on any atom is -0.329 e. The van der Waals surface area contributed by atoms with Crippen LogP contribution < -0.4 is 5.73 Å². The Morgan fingerprint density at radius 1 is 1.27 bits per heavy atom. The summed E-state index contributed by atoms with van der Waals surface area (Å²) in [6.07, 6.45) is 0.959. The van der Waals surface area contributed by atoms with Crippen molar-refractivity contribution in [2.45, 2.75) is 11.7 Å². The second kappa shape index (κ2) is 4.42. The highest BCUT2D eigenvalue weighted by Crippen LogP contribution is 2.05. The van der Waals surface area contributed by atoms with Gasteiger partial charge >= 0.3 is 0 Å². The smallest absolute Gasteiger partial charge is 0.0180 e. The molecule has 1 unspecified atom stereocenters. The van der Waals surface area contributed by atoms with E-state index in [0.29, 0.717) is 6.54 Å². The topological polar surface area (TPSA) is 26.0 Å². The van der Waals surface area contributed by atoms with Crippen LogP contribution in [-0.4, -0.2) is 11.8 Å². The fourth-order valence-electron chi connectivity index (χ4n) is 0.970. The molecule has 0 saturated carbocycles. The van der Waals surface area contributed by atoms with Gasteiger partial charge in [0.15, 0.2) is 0 Å². The highest BCUT2D eigenvalue weighted by atomic mass is 32.1. The molecular weight excluding hydrogens is 154 g/mol. The van der Waals surface area contributed by atoms with Gasteiger partial charge in [0, 0.05) is 11.8 Å². The van der Waals surface area contributed by atoms with Gasteiger partial charge in [0.1, 0.15) is 0 Å². The van der Waals surface area contributed by atoms with Crippen molar-refractivity contribution in [3.63, 3.8) is 0 Å². The van der Waals surface area contributed by atoms with Gasteiger partial charge in [0.05, 0.1) is 0 Å². The van der Waals surface area contributed by atoms with Crippen molar-refractivity contribution in [2.75, 3.05) is 6.54 Å². The molecule has 0 aromatic heterocycles. The second-order valence-electron chi connectivity index (χ2n) is 2.58. The van der Waals surface area contributed by atoms with Gasteiger partial charge in [0.2, 0.25) is 0 Å². The van der Waals surface area contributed by atoms with E-state index in [1.54, 1.807) is 0 Å². The lowest BCUT2D eigenvalue weighted by Crippen LogP contribution is -2.16. The zero-order chi connectivity index (χ0) is 8.10. The standard InChI is InChI=1S/C9H13NS/c10-7-9(11)6-8-4-2-1-3-5-8/h1-5,9,11H,6-7,10H2. The van der Waals surface area contributed by atoms with Crippen LogP contribution in [0.3, 0.4) is 0 Å². The first-order chi connectivity index (χ1) is 5.33. The molecule has 1 aromatic rings. The number of hydrogen-bond acceptors (Lipinski definition) is 2. The van der Waals surface area contributed by atoms with Gasteiger partial charge in [0.25, 0.3) is 0 Å². The van der Waals surface area contributed by atoms with E-state index in [1.807, 2.05) is 18.2 Å². The van der Waals surface area contributed by atoms with Crippen LogP contribution >= 0.6 is 12.6 Å². The number of hydrogen-bond donors (Lipinski definition) is 2. The van der Waals surface area contributed by atoms with Crippen LogP contribution in [0.4, 0.5) is 0 Å². The van der Waals surface area contributed by atoms with Crippen LogP contribution in [0.15, 0.2) is 30.3 Å². The first-order valence-electron chi connectivity index (χ1n) is 3.75. The monoisotopic (exact) mass is 167 g/mol. The van der Waals surface area contributed by atoms with Crippen LogP contribution in [0.25, 0.3) is 0 Å². The van der Waals surface area contributed by atoms with Gasteiger partial charge in [-0.1, -0.05) is 30.3 Å². The van der Waals surface area contributed by atoms with Crippen LogP contribution in [-0.2, 0) is 6.42 Å². The van der Waals surface area contributed by atoms with Crippen molar-refractivity contribution >= 4 is 12.6 Å². The van der Waals surface area contributed by atoms with Crippen LogP contribution in [0, 0.1) is 0 Å². The Hall–Kier alpha value is -0.470. The Bertz CT molecular complexity index is 198. The average Bonchev–Trinajstić information content (AvgIpc) is 2.06. The predicted octanol–water partition coefficient (Wildman–Crippen LogP) is 1.49. The van der Waals surface area contributed by atoms with E-state index >= 15 is 0 Å². The minimum atomic E-state index is 0.289. The second-order valence-corrected chi connectivity index (χ2v) is 3.31. The summed E-state index contributed by atoms with van der Waals surface area (Å²) in [7, 11) is 0. The Kier molecular flexibility index (Phi) is 3.46. The molecule has 1 rings (SSSR count). The summed E-state index contributed by atoms with van der Waals surface area (Å²) in [5, 5.41) is 0.289. The van der Waals surface area contributed by atoms with Gasteiger partial charge in [-0.2, -0.15) is 12.6 Å². The number of benzene rings is 1. The summed E-state index contributed by atoms with van der Waals surface area (Å²) in [5.41, 5.74) is 6.75. The number of nitrogens with two attached hydrogens (primary N) is 1. The summed E-state index contributed by atoms with van der Waals surface area (Å²) in [5.74, 6) is 0. The van der Waals surface area contributed by atoms with Gasteiger partial charge in [-0.25, -0.2) is 0 Å². The zero-order valence-corrected chi connectivity index (χ0v) is 7.30. The fraction of sp³-hybridized carbons (Fsp3) is 0.333. The summed E-state index contributed by atoms with van der Waals surface area (Å²) < 4.78 is 0. The molecule has 1 nitrogen and oxygen atoms in total. The SMILES string of the molecule is NCC(S)Cc1ccccc1. The lowest BCUT2D eigenvalue weighted by atomic mass is 10.1. The van der Waals surface area contributed by atoms with E-state index in [-0.39, 0.29) is 5.25 Å². The van der Waals surface area contributed by atoms with E-state index in [1.165, 1.54) is 5.56 Å². The van der Waals surface area contributed by atoms with Crippen LogP contribution in [0.5, 0.6) is 0 Å². The van der Waals surface area contributed by atoms with E-state index in [9.17, 15) is 0 Å². The molecule has 0 aliphatic heterocycles. The molecule has 60 valence electrons. The van der Waals surface area contributed by atoms with Crippen molar-refractivity contribution < 1.29 is 0 Å². The summed E-state index contributed by atoms with van der Waals surface area (Å²) in [6, 6.07) is 10.3. The van der Waals surface area contributed by atoms with E-state index in [4.69, 9.17) is 5.73 Å². The highest BCUT2D eigenvalue weighted by molar-refractivity contribution is 7.81. The maximum absolute atomic E-state index is 5.44. The molecule has 0 bridgehead atoms. The van der Waals surface area contributed by atoms with Crippen molar-refractivity contribution in [3.8, 4) is 0 Å². The molecule has 2 N–H and O–H groups in total. The molecule has 1 aromatic carbocycles. The molecule has 0 heterocycles. The molecule has 1 atom stereocenters. The maximum Gasteiger partial charge on any atom is 0.0180 e. The van der Waals surface area contributed by atoms with Crippen molar-refractivity contribution in [1.82, 2.24) is 0 Å². The molecular formula is C9H13NS. The fourth-order valence-corrected chi connectivity index (χ4v) is 1.18. The molecule has 0 saturated heterocycles. The first-order valence-corrected chi connectivity index (χ1v) is 4.26. The van der Waals surface area contributed by atoms with E-state index in [2.05, 4.69) is 24.8 Å². The molecule has 0 amide bonds. The summed E-state index contributed by atoms with van der Waals surface area (Å²) in [4.78, 5) is 0. The van der Waals surface area contributed by atoms with E-state index in [0.717, 1.165) is 6.42 Å². The Balaban J connectivity index is 2.51. The molecule has 0 fully saturated rings. The zero-order valence-electron chi connectivity index (χ0n) is 6.40. The van der Waals surface area contributed by atoms with Crippen LogP contribution in [0.1, 0.15) is 5.56 Å². The third kappa shape index (κ3) is 2.95. The third-order valence-electron chi connectivity index (χ3n) is 1.59. The molecule has 0 radical (unpaired) electrons. The molecule has 0 aliphatic rings. The normalized spacial score (nSPS) is 12.9. The molecule has 0 aliphatic carbocycles. The number of thiol groups is 1.